The number of amides is 1. The van der Waals surface area contributed by atoms with Gasteiger partial charge in [0.1, 0.15) is 0 Å². The summed E-state index contributed by atoms with van der Waals surface area (Å²) in [7, 11) is 0. The van der Waals surface area contributed by atoms with Gasteiger partial charge < -0.3 is 5.73 Å². The van der Waals surface area contributed by atoms with Crippen LogP contribution in [0, 0.1) is 11.3 Å². The van der Waals surface area contributed by atoms with E-state index in [0.29, 0.717) is 5.69 Å². The molecule has 0 atom stereocenters. The zero-order chi connectivity index (χ0) is 9.14. The van der Waals surface area contributed by atoms with Crippen LogP contribution in [0.25, 0.3) is 0 Å². The first kappa shape index (κ1) is 8.08. The van der Waals surface area contributed by atoms with E-state index in [4.69, 9.17) is 16.7 Å². The standard InChI is InChI=1S/C8H6N3O/c9-4-5-1-2-6(10)3-7(5)8(11)12/h1-3,11H,10H2. The van der Waals surface area contributed by atoms with Crippen LogP contribution in [0.4, 0.5) is 5.69 Å². The lowest BCUT2D eigenvalue weighted by Gasteiger charge is -1.98. The lowest BCUT2D eigenvalue weighted by atomic mass is 10.1. The van der Waals surface area contributed by atoms with Crippen molar-refractivity contribution in [3.63, 3.8) is 0 Å². The average molecular weight is 160 g/mol. The molecule has 4 nitrogen and oxygen atoms in total. The number of nitrogen functional groups attached to an aromatic ring is 1. The number of hydrogen-bond acceptors (Lipinski definition) is 3. The van der Waals surface area contributed by atoms with Gasteiger partial charge in [-0.25, -0.2) is 0 Å². The number of hydrogen-bond donors (Lipinski definition) is 1. The number of nitrogens with one attached hydrogen (secondary N) is 1. The van der Waals surface area contributed by atoms with Gasteiger partial charge in [0, 0.05) is 5.69 Å². The highest BCUT2D eigenvalue weighted by Crippen LogP contribution is 2.11. The van der Waals surface area contributed by atoms with Crippen LogP contribution in [-0.2, 0) is 0 Å². The van der Waals surface area contributed by atoms with Crippen molar-refractivity contribution < 1.29 is 4.79 Å². The maximum Gasteiger partial charge on any atom is 0.271 e. The van der Waals surface area contributed by atoms with Crippen LogP contribution in [-0.4, -0.2) is 5.91 Å². The zero-order valence-electron chi connectivity index (χ0n) is 6.16. The summed E-state index contributed by atoms with van der Waals surface area (Å²) in [5.74, 6) is -0.890. The normalized spacial score (nSPS) is 8.92. The first-order valence-corrected chi connectivity index (χ1v) is 3.20. The Balaban J connectivity index is 3.34. The number of anilines is 1. The number of nitrogens with zero attached hydrogens (tertiary/aromatic N) is 1. The van der Waals surface area contributed by atoms with Crippen molar-refractivity contribution in [3.05, 3.63) is 29.3 Å². The Labute approximate surface area is 69.4 Å². The second-order valence-electron chi connectivity index (χ2n) is 2.25. The van der Waals surface area contributed by atoms with E-state index in [2.05, 4.69) is 0 Å². The minimum atomic E-state index is -0.890. The zero-order valence-corrected chi connectivity index (χ0v) is 6.16. The van der Waals surface area contributed by atoms with Crippen molar-refractivity contribution in [1.82, 2.24) is 5.73 Å². The largest absolute Gasteiger partial charge is 0.399 e. The van der Waals surface area contributed by atoms with Crippen LogP contribution in [0.2, 0.25) is 0 Å². The third-order valence-corrected chi connectivity index (χ3v) is 1.41. The van der Waals surface area contributed by atoms with Crippen molar-refractivity contribution in [1.29, 1.82) is 5.26 Å². The number of nitrogens with two attached hydrogens (primary N) is 1. The Hall–Kier alpha value is -2.02. The fourth-order valence-corrected chi connectivity index (χ4v) is 0.847. The van der Waals surface area contributed by atoms with Gasteiger partial charge in [-0.1, -0.05) is 0 Å². The summed E-state index contributed by atoms with van der Waals surface area (Å²) in [5, 5.41) is 8.53. The van der Waals surface area contributed by atoms with Gasteiger partial charge >= 0.3 is 0 Å². The molecular weight excluding hydrogens is 154 g/mol. The Kier molecular flexibility index (Phi) is 1.97. The smallest absolute Gasteiger partial charge is 0.271 e. The highest BCUT2D eigenvalue weighted by Gasteiger charge is 2.07. The minimum Gasteiger partial charge on any atom is -0.399 e. The molecule has 1 amide bonds. The van der Waals surface area contributed by atoms with Crippen LogP contribution in [0.5, 0.6) is 0 Å². The fourth-order valence-electron chi connectivity index (χ4n) is 0.847. The van der Waals surface area contributed by atoms with Gasteiger partial charge in [0.05, 0.1) is 17.2 Å². The summed E-state index contributed by atoms with van der Waals surface area (Å²) < 4.78 is 0. The number of carbonyl (C=O) groups excluding carboxylic acids is 1. The predicted molar refractivity (Wildman–Crippen MR) is 43.0 cm³/mol. The lowest BCUT2D eigenvalue weighted by Crippen LogP contribution is -2.03. The van der Waals surface area contributed by atoms with Crippen molar-refractivity contribution in [2.24, 2.45) is 0 Å². The summed E-state index contributed by atoms with van der Waals surface area (Å²) in [4.78, 5) is 10.6. The summed E-state index contributed by atoms with van der Waals surface area (Å²) in [6.45, 7) is 0. The molecule has 0 fully saturated rings. The van der Waals surface area contributed by atoms with Crippen molar-refractivity contribution >= 4 is 11.6 Å². The van der Waals surface area contributed by atoms with Gasteiger partial charge in [-0.05, 0) is 18.2 Å². The molecule has 0 aliphatic carbocycles. The lowest BCUT2D eigenvalue weighted by molar-refractivity contribution is 0.0992. The number of rotatable bonds is 1. The molecule has 1 aromatic rings. The summed E-state index contributed by atoms with van der Waals surface area (Å²) in [6, 6.07) is 6.08. The van der Waals surface area contributed by atoms with Crippen LogP contribution in [0.1, 0.15) is 15.9 Å². The van der Waals surface area contributed by atoms with Gasteiger partial charge in [0.15, 0.2) is 0 Å². The van der Waals surface area contributed by atoms with E-state index in [1.54, 1.807) is 0 Å². The molecule has 1 rings (SSSR count). The number of benzene rings is 1. The molecule has 4 heteroatoms. The molecule has 0 bridgehead atoms. The van der Waals surface area contributed by atoms with E-state index in [0.717, 1.165) is 0 Å². The second kappa shape index (κ2) is 2.93. The molecule has 0 saturated carbocycles. The van der Waals surface area contributed by atoms with Gasteiger partial charge in [-0.3, -0.25) is 10.5 Å². The maximum absolute atomic E-state index is 10.6. The maximum atomic E-state index is 10.6. The molecule has 1 radical (unpaired) electrons. The van der Waals surface area contributed by atoms with Gasteiger partial charge in [0.2, 0.25) is 0 Å². The van der Waals surface area contributed by atoms with Gasteiger partial charge in [-0.2, -0.15) is 5.26 Å². The molecule has 0 spiro atoms. The molecule has 0 aliphatic heterocycles. The molecule has 59 valence electrons. The molecule has 0 aromatic heterocycles. The van der Waals surface area contributed by atoms with Gasteiger partial charge in [0.25, 0.3) is 5.91 Å². The molecule has 1 aromatic carbocycles. The Morgan fingerprint density at radius 3 is 2.75 bits per heavy atom. The van der Waals surface area contributed by atoms with E-state index in [-0.39, 0.29) is 11.1 Å². The fraction of sp³-hybridized carbons (Fsp3) is 0. The monoisotopic (exact) mass is 160 g/mol. The van der Waals surface area contributed by atoms with Crippen molar-refractivity contribution in [2.75, 3.05) is 5.73 Å². The molecule has 0 aliphatic rings. The van der Waals surface area contributed by atoms with Gasteiger partial charge in [-0.15, -0.1) is 0 Å². The van der Waals surface area contributed by atoms with E-state index >= 15 is 0 Å². The Morgan fingerprint density at radius 1 is 1.58 bits per heavy atom. The first-order valence-electron chi connectivity index (χ1n) is 3.20. The highest BCUT2D eigenvalue weighted by molar-refractivity contribution is 5.95. The molecule has 0 unspecified atom stereocenters. The molecule has 0 saturated heterocycles. The Morgan fingerprint density at radius 2 is 2.25 bits per heavy atom. The van der Waals surface area contributed by atoms with Crippen molar-refractivity contribution in [2.45, 2.75) is 0 Å². The molecule has 0 heterocycles. The summed E-state index contributed by atoms with van der Waals surface area (Å²) in [6.07, 6.45) is 0. The quantitative estimate of drug-likeness (QED) is 0.608. The van der Waals surface area contributed by atoms with Crippen LogP contribution in [0.15, 0.2) is 18.2 Å². The summed E-state index contributed by atoms with van der Waals surface area (Å²) in [5.41, 5.74) is 12.8. The third-order valence-electron chi connectivity index (χ3n) is 1.41. The van der Waals surface area contributed by atoms with E-state index < -0.39 is 5.91 Å². The molecule has 12 heavy (non-hydrogen) atoms. The third kappa shape index (κ3) is 1.35. The van der Waals surface area contributed by atoms with Crippen LogP contribution < -0.4 is 11.5 Å². The SMILES string of the molecule is N#Cc1ccc(N)cc1C([NH])=O. The molecular formula is C8H6N3O. The summed E-state index contributed by atoms with van der Waals surface area (Å²) >= 11 is 0. The van der Waals surface area contributed by atoms with Crippen LogP contribution in [0.3, 0.4) is 0 Å². The van der Waals surface area contributed by atoms with E-state index in [1.807, 2.05) is 6.07 Å². The van der Waals surface area contributed by atoms with Crippen molar-refractivity contribution in [3.8, 4) is 6.07 Å². The number of carbonyl (C=O) groups is 1. The second-order valence-corrected chi connectivity index (χ2v) is 2.25. The Bertz CT molecular complexity index is 365. The topological polar surface area (TPSA) is 90.7 Å². The minimum absolute atomic E-state index is 0.0532. The van der Waals surface area contributed by atoms with Crippen LogP contribution >= 0.6 is 0 Å². The van der Waals surface area contributed by atoms with E-state index in [1.165, 1.54) is 18.2 Å². The van der Waals surface area contributed by atoms with E-state index in [9.17, 15) is 4.79 Å². The molecule has 3 N–H and O–H groups in total. The predicted octanol–water partition coefficient (Wildman–Crippen LogP) is 0.564. The number of nitriles is 1. The highest BCUT2D eigenvalue weighted by atomic mass is 16.1. The average Bonchev–Trinajstić information content (AvgIpc) is 2.04. The first-order chi connectivity index (χ1) is 5.65.